The minimum Gasteiger partial charge on any atom is -0.457 e. The second kappa shape index (κ2) is 11.2. The number of hydrogen-bond acceptors (Lipinski definition) is 5. The third-order valence-electron chi connectivity index (χ3n) is 5.58. The molecule has 1 fully saturated rings. The van der Waals surface area contributed by atoms with Gasteiger partial charge in [0.15, 0.2) is 0 Å². The SMILES string of the molecule is C/N=C\c1ccc(Oc2ccc(-c3cccc(CNCCN4CCNC4=O)n3)cc2)c(C(F)(F)F)c1. The van der Waals surface area contributed by atoms with Gasteiger partial charge in [0, 0.05) is 51.5 Å². The zero-order valence-electron chi connectivity index (χ0n) is 19.7. The van der Waals surface area contributed by atoms with Crippen LogP contribution in [0.4, 0.5) is 18.0 Å². The van der Waals surface area contributed by atoms with E-state index in [4.69, 9.17) is 4.74 Å². The highest BCUT2D eigenvalue weighted by molar-refractivity contribution is 5.80. The third kappa shape index (κ3) is 6.39. The quantitative estimate of drug-likeness (QED) is 0.331. The van der Waals surface area contributed by atoms with Crippen LogP contribution in [0.25, 0.3) is 11.3 Å². The summed E-state index contributed by atoms with van der Waals surface area (Å²) in [6.45, 7) is 3.21. The summed E-state index contributed by atoms with van der Waals surface area (Å²) in [6.07, 6.45) is -3.21. The maximum Gasteiger partial charge on any atom is 0.420 e. The number of pyridine rings is 1. The lowest BCUT2D eigenvalue weighted by atomic mass is 10.1. The first-order chi connectivity index (χ1) is 17.3. The smallest absolute Gasteiger partial charge is 0.420 e. The Morgan fingerprint density at radius 3 is 2.67 bits per heavy atom. The number of carbonyl (C=O) groups is 1. The average molecular weight is 498 g/mol. The summed E-state index contributed by atoms with van der Waals surface area (Å²) in [5.41, 5.74) is 1.86. The lowest BCUT2D eigenvalue weighted by molar-refractivity contribution is -0.138. The number of nitrogens with one attached hydrogen (secondary N) is 2. The number of carbonyl (C=O) groups excluding carboxylic acids is 1. The predicted molar refractivity (Wildman–Crippen MR) is 131 cm³/mol. The Kier molecular flexibility index (Phi) is 7.84. The van der Waals surface area contributed by atoms with Crippen molar-refractivity contribution < 1.29 is 22.7 Å². The van der Waals surface area contributed by atoms with Crippen molar-refractivity contribution in [2.45, 2.75) is 12.7 Å². The summed E-state index contributed by atoms with van der Waals surface area (Å²) in [6, 6.07) is 16.2. The molecule has 3 aromatic rings. The number of urea groups is 1. The first kappa shape index (κ1) is 25.2. The number of aliphatic imine (C=N–C) groups is 1. The Hall–Kier alpha value is -3.92. The molecule has 2 N–H and O–H groups in total. The molecule has 0 bridgehead atoms. The lowest BCUT2D eigenvalue weighted by Gasteiger charge is -2.15. The number of ether oxygens (including phenoxy) is 1. The van der Waals surface area contributed by atoms with E-state index in [2.05, 4.69) is 20.6 Å². The van der Waals surface area contributed by atoms with Crippen molar-refractivity contribution in [3.05, 3.63) is 77.5 Å². The van der Waals surface area contributed by atoms with Crippen LogP contribution >= 0.6 is 0 Å². The van der Waals surface area contributed by atoms with Gasteiger partial charge >= 0.3 is 12.2 Å². The molecule has 0 spiro atoms. The minimum absolute atomic E-state index is 0.0399. The Bertz CT molecular complexity index is 1230. The van der Waals surface area contributed by atoms with Crippen LogP contribution in [0, 0.1) is 0 Å². The molecule has 0 radical (unpaired) electrons. The van der Waals surface area contributed by atoms with E-state index >= 15 is 0 Å². The van der Waals surface area contributed by atoms with Gasteiger partial charge < -0.3 is 20.3 Å². The number of amides is 2. The lowest BCUT2D eigenvalue weighted by Crippen LogP contribution is -2.34. The molecule has 2 amide bonds. The molecule has 36 heavy (non-hydrogen) atoms. The van der Waals surface area contributed by atoms with Crippen molar-refractivity contribution in [2.24, 2.45) is 4.99 Å². The second-order valence-corrected chi connectivity index (χ2v) is 8.18. The van der Waals surface area contributed by atoms with E-state index in [-0.39, 0.29) is 17.5 Å². The van der Waals surface area contributed by atoms with Crippen molar-refractivity contribution in [2.75, 3.05) is 33.2 Å². The van der Waals surface area contributed by atoms with Crippen molar-refractivity contribution in [3.63, 3.8) is 0 Å². The summed E-state index contributed by atoms with van der Waals surface area (Å²) in [7, 11) is 1.50. The molecule has 0 unspecified atom stereocenters. The highest BCUT2D eigenvalue weighted by Gasteiger charge is 2.34. The Balaban J connectivity index is 1.40. The van der Waals surface area contributed by atoms with E-state index in [9.17, 15) is 18.0 Å². The van der Waals surface area contributed by atoms with Crippen molar-refractivity contribution in [3.8, 4) is 22.8 Å². The van der Waals surface area contributed by atoms with Gasteiger partial charge in [-0.2, -0.15) is 13.2 Å². The van der Waals surface area contributed by atoms with Crippen LogP contribution < -0.4 is 15.4 Å². The molecule has 1 saturated heterocycles. The monoisotopic (exact) mass is 497 g/mol. The van der Waals surface area contributed by atoms with Gasteiger partial charge in [0.05, 0.1) is 17.0 Å². The maximum absolute atomic E-state index is 13.5. The summed E-state index contributed by atoms with van der Waals surface area (Å²) in [5, 5.41) is 6.06. The molecule has 2 aromatic carbocycles. The zero-order chi connectivity index (χ0) is 25.5. The molecule has 0 atom stereocenters. The Morgan fingerprint density at radius 1 is 1.17 bits per heavy atom. The van der Waals surface area contributed by atoms with Gasteiger partial charge in [-0.3, -0.25) is 9.98 Å². The maximum atomic E-state index is 13.5. The average Bonchev–Trinajstić information content (AvgIpc) is 3.27. The fraction of sp³-hybridized carbons (Fsp3) is 0.269. The molecule has 1 aromatic heterocycles. The van der Waals surface area contributed by atoms with Gasteiger partial charge in [-0.25, -0.2) is 4.79 Å². The topological polar surface area (TPSA) is 78.9 Å². The predicted octanol–water partition coefficient (Wildman–Crippen LogP) is 4.72. The van der Waals surface area contributed by atoms with Crippen LogP contribution in [0.5, 0.6) is 11.5 Å². The van der Waals surface area contributed by atoms with Crippen LogP contribution in [0.3, 0.4) is 0 Å². The molecular weight excluding hydrogens is 471 g/mol. The van der Waals surface area contributed by atoms with Gasteiger partial charge in [0.1, 0.15) is 11.5 Å². The van der Waals surface area contributed by atoms with Gasteiger partial charge in [-0.15, -0.1) is 0 Å². The van der Waals surface area contributed by atoms with Crippen LogP contribution in [0.2, 0.25) is 0 Å². The number of hydrogen-bond donors (Lipinski definition) is 2. The van der Waals surface area contributed by atoms with Crippen LogP contribution in [0.1, 0.15) is 16.8 Å². The van der Waals surface area contributed by atoms with E-state index in [1.165, 1.54) is 25.4 Å². The highest BCUT2D eigenvalue weighted by Crippen LogP contribution is 2.38. The third-order valence-corrected chi connectivity index (χ3v) is 5.58. The first-order valence-electron chi connectivity index (χ1n) is 11.4. The molecular formula is C26H26F3N5O2. The minimum atomic E-state index is -4.56. The summed E-state index contributed by atoms with van der Waals surface area (Å²) >= 11 is 0. The molecule has 1 aliphatic heterocycles. The van der Waals surface area contributed by atoms with Gasteiger partial charge in [0.2, 0.25) is 0 Å². The Morgan fingerprint density at radius 2 is 1.97 bits per heavy atom. The molecule has 188 valence electrons. The second-order valence-electron chi connectivity index (χ2n) is 8.18. The summed E-state index contributed by atoms with van der Waals surface area (Å²) < 4.78 is 46.2. The van der Waals surface area contributed by atoms with Gasteiger partial charge in [-0.05, 0) is 60.2 Å². The molecule has 0 aliphatic carbocycles. The van der Waals surface area contributed by atoms with Gasteiger partial charge in [0.25, 0.3) is 0 Å². The van der Waals surface area contributed by atoms with Crippen LogP contribution in [-0.4, -0.2) is 55.4 Å². The van der Waals surface area contributed by atoms with E-state index in [0.717, 1.165) is 23.0 Å². The Labute approximate surface area is 207 Å². The van der Waals surface area contributed by atoms with E-state index in [0.29, 0.717) is 38.3 Å². The van der Waals surface area contributed by atoms with Crippen molar-refractivity contribution in [1.29, 1.82) is 0 Å². The van der Waals surface area contributed by atoms with E-state index in [1.54, 1.807) is 29.2 Å². The van der Waals surface area contributed by atoms with E-state index in [1.807, 2.05) is 18.2 Å². The molecule has 10 heteroatoms. The number of aromatic nitrogens is 1. The largest absolute Gasteiger partial charge is 0.457 e. The fourth-order valence-electron chi connectivity index (χ4n) is 3.80. The van der Waals surface area contributed by atoms with Gasteiger partial charge in [-0.1, -0.05) is 6.07 Å². The molecule has 1 aliphatic rings. The normalized spacial score (nSPS) is 13.9. The molecule has 2 heterocycles. The molecule has 7 nitrogen and oxygen atoms in total. The number of rotatable bonds is 9. The fourth-order valence-corrected chi connectivity index (χ4v) is 3.80. The van der Waals surface area contributed by atoms with Crippen molar-refractivity contribution in [1.82, 2.24) is 20.5 Å². The standard InChI is InChI=1S/C26H26F3N5O2/c1-30-16-18-5-10-24(22(15-18)26(27,28)29)36-21-8-6-19(7-9-21)23-4-2-3-20(33-23)17-31-11-13-34-14-12-32-25(34)35/h2-10,15-16,31H,11-14,17H2,1H3,(H,32,35)/b30-16-. The van der Waals surface area contributed by atoms with Crippen molar-refractivity contribution >= 4 is 12.2 Å². The first-order valence-corrected chi connectivity index (χ1v) is 11.4. The summed E-state index contributed by atoms with van der Waals surface area (Å²) in [5.74, 6) is 0.00559. The number of nitrogens with zero attached hydrogens (tertiary/aromatic N) is 3. The summed E-state index contributed by atoms with van der Waals surface area (Å²) in [4.78, 5) is 21.8. The zero-order valence-corrected chi connectivity index (χ0v) is 19.7. The highest BCUT2D eigenvalue weighted by atomic mass is 19.4. The molecule has 0 saturated carbocycles. The van der Waals surface area contributed by atoms with Crippen LogP contribution in [0.15, 0.2) is 65.7 Å². The number of benzene rings is 2. The van der Waals surface area contributed by atoms with Crippen LogP contribution in [-0.2, 0) is 12.7 Å². The number of alkyl halides is 3. The number of halogens is 3. The van der Waals surface area contributed by atoms with E-state index < -0.39 is 11.7 Å². The molecule has 4 rings (SSSR count).